The van der Waals surface area contributed by atoms with Crippen molar-refractivity contribution in [1.82, 2.24) is 9.88 Å². The summed E-state index contributed by atoms with van der Waals surface area (Å²) in [5, 5.41) is 0. The molecule has 0 atom stereocenters. The summed E-state index contributed by atoms with van der Waals surface area (Å²) in [5.41, 5.74) is 7.27. The van der Waals surface area contributed by atoms with Gasteiger partial charge >= 0.3 is 0 Å². The SMILES string of the molecule is CCCCc1c(CN(Cc2ccc3c(c2)OCO3)Cc2ccc3c(c2)OCO3)ccnc1-c1ccccc1. The molecule has 0 radical (unpaired) electrons. The van der Waals surface area contributed by atoms with E-state index in [4.69, 9.17) is 23.9 Å². The van der Waals surface area contributed by atoms with E-state index in [1.54, 1.807) is 0 Å². The second-order valence-electron chi connectivity index (χ2n) is 9.79. The molecule has 0 N–H and O–H groups in total. The average Bonchev–Trinajstić information content (AvgIpc) is 3.61. The van der Waals surface area contributed by atoms with E-state index in [0.29, 0.717) is 0 Å². The molecule has 0 saturated carbocycles. The molecule has 0 spiro atoms. The summed E-state index contributed by atoms with van der Waals surface area (Å²) >= 11 is 0. The molecule has 0 fully saturated rings. The number of pyridine rings is 1. The van der Waals surface area contributed by atoms with Gasteiger partial charge in [-0.2, -0.15) is 0 Å². The lowest BCUT2D eigenvalue weighted by Gasteiger charge is -2.25. The molecule has 0 unspecified atom stereocenters. The Morgan fingerprint density at radius 3 is 1.97 bits per heavy atom. The van der Waals surface area contributed by atoms with Crippen molar-refractivity contribution in [2.45, 2.75) is 45.8 Å². The Morgan fingerprint density at radius 2 is 1.34 bits per heavy atom. The van der Waals surface area contributed by atoms with Gasteiger partial charge in [-0.25, -0.2) is 0 Å². The van der Waals surface area contributed by atoms with Crippen LogP contribution < -0.4 is 18.9 Å². The molecule has 6 heteroatoms. The van der Waals surface area contributed by atoms with Crippen molar-refractivity contribution in [3.8, 4) is 34.3 Å². The van der Waals surface area contributed by atoms with Crippen LogP contribution in [0.1, 0.15) is 42.0 Å². The van der Waals surface area contributed by atoms with Crippen LogP contribution in [0.25, 0.3) is 11.3 Å². The van der Waals surface area contributed by atoms with Crippen molar-refractivity contribution in [3.63, 3.8) is 0 Å². The van der Waals surface area contributed by atoms with E-state index >= 15 is 0 Å². The molecule has 2 aliphatic rings. The molecule has 4 aromatic rings. The van der Waals surface area contributed by atoms with E-state index in [0.717, 1.165) is 67.6 Å². The zero-order chi connectivity index (χ0) is 25.7. The van der Waals surface area contributed by atoms with Gasteiger partial charge in [0.15, 0.2) is 23.0 Å². The molecular weight excluding hydrogens is 476 g/mol. The van der Waals surface area contributed by atoms with Gasteiger partial charge in [0.2, 0.25) is 13.6 Å². The Kier molecular flexibility index (Phi) is 7.14. The number of hydrogen-bond donors (Lipinski definition) is 0. The lowest BCUT2D eigenvalue weighted by Crippen LogP contribution is -2.23. The maximum Gasteiger partial charge on any atom is 0.231 e. The summed E-state index contributed by atoms with van der Waals surface area (Å²) in [6.07, 6.45) is 5.22. The fraction of sp³-hybridized carbons (Fsp3) is 0.281. The maximum atomic E-state index is 5.66. The smallest absolute Gasteiger partial charge is 0.231 e. The van der Waals surface area contributed by atoms with Gasteiger partial charge in [-0.05, 0) is 65.4 Å². The summed E-state index contributed by atoms with van der Waals surface area (Å²) in [6.45, 7) is 5.12. The number of aromatic nitrogens is 1. The summed E-state index contributed by atoms with van der Waals surface area (Å²) in [5.74, 6) is 3.23. The first-order valence-corrected chi connectivity index (χ1v) is 13.3. The molecular formula is C32H32N2O4. The number of rotatable bonds is 10. The van der Waals surface area contributed by atoms with Gasteiger partial charge in [0, 0.05) is 31.4 Å². The fourth-order valence-electron chi connectivity index (χ4n) is 5.16. The predicted octanol–water partition coefficient (Wildman–Crippen LogP) is 6.75. The average molecular weight is 509 g/mol. The molecule has 1 aromatic heterocycles. The minimum atomic E-state index is 0.278. The fourth-order valence-corrected chi connectivity index (χ4v) is 5.16. The number of benzene rings is 3. The largest absolute Gasteiger partial charge is 0.454 e. The zero-order valence-electron chi connectivity index (χ0n) is 21.7. The van der Waals surface area contributed by atoms with Gasteiger partial charge in [-0.3, -0.25) is 9.88 Å². The van der Waals surface area contributed by atoms with Crippen LogP contribution in [-0.2, 0) is 26.1 Å². The lowest BCUT2D eigenvalue weighted by atomic mass is 9.96. The van der Waals surface area contributed by atoms with Crippen LogP contribution in [-0.4, -0.2) is 23.5 Å². The van der Waals surface area contributed by atoms with Crippen molar-refractivity contribution in [3.05, 3.63) is 101 Å². The molecule has 6 rings (SSSR count). The minimum absolute atomic E-state index is 0.278. The third-order valence-electron chi connectivity index (χ3n) is 7.06. The van der Waals surface area contributed by atoms with Gasteiger partial charge in [-0.1, -0.05) is 55.8 Å². The molecule has 3 heterocycles. The normalized spacial score (nSPS) is 13.3. The highest BCUT2D eigenvalue weighted by Gasteiger charge is 2.19. The quantitative estimate of drug-likeness (QED) is 0.236. The minimum Gasteiger partial charge on any atom is -0.454 e. The second-order valence-corrected chi connectivity index (χ2v) is 9.79. The molecule has 0 saturated heterocycles. The van der Waals surface area contributed by atoms with Crippen LogP contribution in [0.3, 0.4) is 0 Å². The summed E-state index contributed by atoms with van der Waals surface area (Å²) in [7, 11) is 0. The number of nitrogens with zero attached hydrogens (tertiary/aromatic N) is 2. The van der Waals surface area contributed by atoms with Crippen molar-refractivity contribution in [2.75, 3.05) is 13.6 Å². The summed E-state index contributed by atoms with van der Waals surface area (Å²) in [4.78, 5) is 7.30. The molecule has 38 heavy (non-hydrogen) atoms. The third kappa shape index (κ3) is 5.31. The molecule has 194 valence electrons. The van der Waals surface area contributed by atoms with Gasteiger partial charge in [0.1, 0.15) is 0 Å². The maximum absolute atomic E-state index is 5.66. The monoisotopic (exact) mass is 508 g/mol. The van der Waals surface area contributed by atoms with Crippen LogP contribution in [0, 0.1) is 0 Å². The van der Waals surface area contributed by atoms with Crippen molar-refractivity contribution < 1.29 is 18.9 Å². The van der Waals surface area contributed by atoms with Crippen LogP contribution >= 0.6 is 0 Å². The molecule has 6 nitrogen and oxygen atoms in total. The Balaban J connectivity index is 1.33. The van der Waals surface area contributed by atoms with Gasteiger partial charge in [-0.15, -0.1) is 0 Å². The van der Waals surface area contributed by atoms with Crippen LogP contribution in [0.2, 0.25) is 0 Å². The molecule has 0 bridgehead atoms. The van der Waals surface area contributed by atoms with Gasteiger partial charge < -0.3 is 18.9 Å². The van der Waals surface area contributed by atoms with Gasteiger partial charge in [0.05, 0.1) is 5.69 Å². The van der Waals surface area contributed by atoms with E-state index < -0.39 is 0 Å². The number of fused-ring (bicyclic) bond motifs is 2. The van der Waals surface area contributed by atoms with E-state index in [1.807, 2.05) is 18.3 Å². The second kappa shape index (κ2) is 11.2. The summed E-state index contributed by atoms with van der Waals surface area (Å²) in [6, 6.07) is 25.1. The first-order valence-electron chi connectivity index (χ1n) is 13.3. The Labute approximate surface area is 223 Å². The highest BCUT2D eigenvalue weighted by molar-refractivity contribution is 5.64. The third-order valence-corrected chi connectivity index (χ3v) is 7.06. The zero-order valence-corrected chi connectivity index (χ0v) is 21.7. The molecule has 2 aliphatic heterocycles. The topological polar surface area (TPSA) is 53.1 Å². The molecule has 0 aliphatic carbocycles. The molecule has 3 aromatic carbocycles. The lowest BCUT2D eigenvalue weighted by molar-refractivity contribution is 0.173. The van der Waals surface area contributed by atoms with Crippen LogP contribution in [0.15, 0.2) is 79.0 Å². The van der Waals surface area contributed by atoms with Gasteiger partial charge in [0.25, 0.3) is 0 Å². The van der Waals surface area contributed by atoms with Crippen LogP contribution in [0.5, 0.6) is 23.0 Å². The number of hydrogen-bond acceptors (Lipinski definition) is 6. The first kappa shape index (κ1) is 24.3. The van der Waals surface area contributed by atoms with E-state index in [1.165, 1.54) is 27.8 Å². The number of unbranched alkanes of at least 4 members (excludes halogenated alkanes) is 1. The summed E-state index contributed by atoms with van der Waals surface area (Å²) < 4.78 is 22.4. The van der Waals surface area contributed by atoms with Crippen molar-refractivity contribution in [2.24, 2.45) is 0 Å². The highest BCUT2D eigenvalue weighted by Crippen LogP contribution is 2.35. The Hall–Kier alpha value is -4.03. The van der Waals surface area contributed by atoms with Crippen LogP contribution in [0.4, 0.5) is 0 Å². The van der Waals surface area contributed by atoms with E-state index in [2.05, 4.69) is 72.5 Å². The predicted molar refractivity (Wildman–Crippen MR) is 146 cm³/mol. The van der Waals surface area contributed by atoms with Crippen molar-refractivity contribution in [1.29, 1.82) is 0 Å². The number of ether oxygens (including phenoxy) is 4. The Morgan fingerprint density at radius 1 is 0.711 bits per heavy atom. The van der Waals surface area contributed by atoms with Crippen molar-refractivity contribution >= 4 is 0 Å². The standard InChI is InChI=1S/C32H32N2O4/c1-2-3-9-27-26(14-15-33-32(27)25-7-5-4-6-8-25)20-34(18-23-10-12-28-30(16-23)37-21-35-28)19-24-11-13-29-31(17-24)38-22-36-29/h4-8,10-17H,2-3,9,18-22H2,1H3. The highest BCUT2D eigenvalue weighted by atomic mass is 16.7. The Bertz CT molecular complexity index is 1350. The first-order chi connectivity index (χ1) is 18.8. The van der Waals surface area contributed by atoms with E-state index in [-0.39, 0.29) is 13.6 Å². The molecule has 0 amide bonds. The van der Waals surface area contributed by atoms with E-state index in [9.17, 15) is 0 Å².